The average molecular weight is 418 g/mol. The van der Waals surface area contributed by atoms with Crippen molar-refractivity contribution in [1.82, 2.24) is 9.55 Å². The van der Waals surface area contributed by atoms with Gasteiger partial charge in [-0.25, -0.2) is 8.78 Å². The number of pyridine rings is 2. The molecule has 1 aromatic carbocycles. The highest BCUT2D eigenvalue weighted by Gasteiger charge is 2.16. The molecule has 0 aliphatic rings. The van der Waals surface area contributed by atoms with Crippen LogP contribution in [0.1, 0.15) is 34.2 Å². The lowest BCUT2D eigenvalue weighted by Gasteiger charge is -2.17. The van der Waals surface area contributed by atoms with Crippen LogP contribution in [-0.4, -0.2) is 15.3 Å². The molecule has 150 valence electrons. The van der Waals surface area contributed by atoms with Crippen LogP contribution in [0.5, 0.6) is 0 Å². The third-order valence-corrected chi connectivity index (χ3v) is 4.86. The summed E-state index contributed by atoms with van der Waals surface area (Å²) < 4.78 is 28.3. The molecule has 0 atom stereocenters. The third-order valence-electron chi connectivity index (χ3n) is 4.49. The molecule has 0 radical (unpaired) electrons. The number of carbonyl (C=O) groups is 1. The molecule has 29 heavy (non-hydrogen) atoms. The summed E-state index contributed by atoms with van der Waals surface area (Å²) in [6.45, 7) is 4.91. The molecule has 8 heteroatoms. The number of rotatable bonds is 5. The molecule has 1 N–H and O–H groups in total. The van der Waals surface area contributed by atoms with Gasteiger partial charge in [-0.3, -0.25) is 19.1 Å². The average Bonchev–Trinajstić information content (AvgIpc) is 2.66. The molecule has 0 aliphatic heterocycles. The molecule has 0 unspecified atom stereocenters. The molecule has 2 aromatic heterocycles. The largest absolute Gasteiger partial charge is 0.379 e. The van der Waals surface area contributed by atoms with Crippen molar-refractivity contribution in [3.63, 3.8) is 0 Å². The van der Waals surface area contributed by atoms with E-state index < -0.39 is 17.2 Å². The minimum absolute atomic E-state index is 0.0253. The van der Waals surface area contributed by atoms with Crippen LogP contribution in [0.2, 0.25) is 5.02 Å². The zero-order valence-electron chi connectivity index (χ0n) is 16.0. The maximum Gasteiger partial charge on any atom is 0.276 e. The van der Waals surface area contributed by atoms with Crippen LogP contribution in [0.25, 0.3) is 5.69 Å². The highest BCUT2D eigenvalue weighted by Crippen LogP contribution is 2.24. The summed E-state index contributed by atoms with van der Waals surface area (Å²) >= 11 is 6.27. The number of aromatic nitrogens is 2. The van der Waals surface area contributed by atoms with E-state index in [-0.39, 0.29) is 28.6 Å². The number of carbonyl (C=O) groups excluding carboxylic acids is 1. The van der Waals surface area contributed by atoms with Crippen molar-refractivity contribution in [3.05, 3.63) is 86.1 Å². The van der Waals surface area contributed by atoms with Gasteiger partial charge in [0.25, 0.3) is 5.56 Å². The summed E-state index contributed by atoms with van der Waals surface area (Å²) in [5, 5.41) is 2.84. The van der Waals surface area contributed by atoms with E-state index in [1.807, 2.05) is 0 Å². The summed E-state index contributed by atoms with van der Waals surface area (Å²) in [6, 6.07) is 6.47. The quantitative estimate of drug-likeness (QED) is 0.616. The highest BCUT2D eigenvalue weighted by molar-refractivity contribution is 6.33. The first kappa shape index (κ1) is 20.7. The minimum atomic E-state index is -0.692. The molecular weight excluding hydrogens is 400 g/mol. The lowest BCUT2D eigenvalue weighted by atomic mass is 10.1. The first-order valence-electron chi connectivity index (χ1n) is 8.77. The standard InChI is InChI=1S/C21H18ClF2N3O2/c1-11-9-25-17(13(3)28)8-19(11)27-12(2)6-18(20(22)21(27)29)26-10-14-4-5-15(23)7-16(14)24/h4-9,26H,10H2,1-3H3. The van der Waals surface area contributed by atoms with Gasteiger partial charge in [0, 0.05) is 37.0 Å². The van der Waals surface area contributed by atoms with E-state index in [9.17, 15) is 18.4 Å². The molecule has 0 saturated carbocycles. The minimum Gasteiger partial charge on any atom is -0.379 e. The van der Waals surface area contributed by atoms with Crippen LogP contribution >= 0.6 is 11.6 Å². The highest BCUT2D eigenvalue weighted by atomic mass is 35.5. The Balaban J connectivity index is 2.00. The molecule has 2 heterocycles. The molecule has 0 fully saturated rings. The second-order valence-corrected chi connectivity index (χ2v) is 7.03. The number of hydrogen-bond acceptors (Lipinski definition) is 4. The summed E-state index contributed by atoms with van der Waals surface area (Å²) in [4.78, 5) is 28.7. The van der Waals surface area contributed by atoms with E-state index in [1.165, 1.54) is 23.8 Å². The third kappa shape index (κ3) is 4.19. The van der Waals surface area contributed by atoms with Gasteiger partial charge in [-0.15, -0.1) is 0 Å². The fraction of sp³-hybridized carbons (Fsp3) is 0.190. The van der Waals surface area contributed by atoms with Crippen LogP contribution < -0.4 is 10.9 Å². The van der Waals surface area contributed by atoms with E-state index >= 15 is 0 Å². The number of aryl methyl sites for hydroxylation is 2. The number of anilines is 1. The van der Waals surface area contributed by atoms with Crippen LogP contribution in [-0.2, 0) is 6.54 Å². The van der Waals surface area contributed by atoms with Crippen molar-refractivity contribution in [2.45, 2.75) is 27.3 Å². The Bertz CT molecular complexity index is 1180. The molecule has 3 rings (SSSR count). The predicted octanol–water partition coefficient (Wildman–Crippen LogP) is 4.60. The second kappa shape index (κ2) is 8.13. The van der Waals surface area contributed by atoms with Crippen molar-refractivity contribution in [2.24, 2.45) is 0 Å². The molecule has 3 aromatic rings. The monoisotopic (exact) mass is 417 g/mol. The van der Waals surface area contributed by atoms with Gasteiger partial charge in [-0.05, 0) is 37.6 Å². The van der Waals surface area contributed by atoms with Crippen molar-refractivity contribution < 1.29 is 13.6 Å². The Kier molecular flexibility index (Phi) is 5.79. The van der Waals surface area contributed by atoms with E-state index in [4.69, 9.17) is 11.6 Å². The maximum atomic E-state index is 13.8. The number of nitrogens with one attached hydrogen (secondary N) is 1. The van der Waals surface area contributed by atoms with Crippen molar-refractivity contribution in [3.8, 4) is 5.69 Å². The van der Waals surface area contributed by atoms with Crippen LogP contribution in [0.15, 0.2) is 41.3 Å². The van der Waals surface area contributed by atoms with Gasteiger partial charge < -0.3 is 5.32 Å². The van der Waals surface area contributed by atoms with E-state index in [0.717, 1.165) is 12.1 Å². The lowest BCUT2D eigenvalue weighted by Crippen LogP contribution is -2.23. The molecule has 0 bridgehead atoms. The number of nitrogens with zero attached hydrogens (tertiary/aromatic N) is 2. The van der Waals surface area contributed by atoms with Gasteiger partial charge >= 0.3 is 0 Å². The topological polar surface area (TPSA) is 64.0 Å². The first-order chi connectivity index (χ1) is 13.7. The molecule has 5 nitrogen and oxygen atoms in total. The van der Waals surface area contributed by atoms with E-state index in [1.54, 1.807) is 26.0 Å². The summed E-state index contributed by atoms with van der Waals surface area (Å²) in [5.41, 5.74) is 2.08. The Morgan fingerprint density at radius 3 is 2.59 bits per heavy atom. The zero-order chi connectivity index (χ0) is 21.3. The Morgan fingerprint density at radius 2 is 1.93 bits per heavy atom. The van der Waals surface area contributed by atoms with E-state index in [2.05, 4.69) is 10.3 Å². The lowest BCUT2D eigenvalue weighted by molar-refractivity contribution is 0.101. The second-order valence-electron chi connectivity index (χ2n) is 6.66. The SMILES string of the molecule is CC(=O)c1cc(-n2c(C)cc(NCc3ccc(F)cc3F)c(Cl)c2=O)c(C)cn1. The van der Waals surface area contributed by atoms with Gasteiger partial charge in [0.2, 0.25) is 0 Å². The Labute approximate surface area is 171 Å². The van der Waals surface area contributed by atoms with Gasteiger partial charge in [-0.2, -0.15) is 0 Å². The summed E-state index contributed by atoms with van der Waals surface area (Å²) in [7, 11) is 0. The first-order valence-corrected chi connectivity index (χ1v) is 9.14. The van der Waals surface area contributed by atoms with Gasteiger partial charge in [0.15, 0.2) is 5.78 Å². The number of Topliss-reactive ketones (excluding diaryl/α,β-unsaturated/α-hetero) is 1. The molecule has 0 saturated heterocycles. The summed E-state index contributed by atoms with van der Waals surface area (Å²) in [5.74, 6) is -1.58. The summed E-state index contributed by atoms with van der Waals surface area (Å²) in [6.07, 6.45) is 1.52. The number of ketones is 1. The molecular formula is C21H18ClF2N3O2. The fourth-order valence-corrected chi connectivity index (χ4v) is 3.15. The van der Waals surface area contributed by atoms with Crippen molar-refractivity contribution in [2.75, 3.05) is 5.32 Å². The number of hydrogen-bond donors (Lipinski definition) is 1. The normalized spacial score (nSPS) is 10.8. The van der Waals surface area contributed by atoms with E-state index in [0.29, 0.717) is 22.6 Å². The van der Waals surface area contributed by atoms with Crippen molar-refractivity contribution >= 4 is 23.1 Å². The molecule has 0 spiro atoms. The number of benzene rings is 1. The van der Waals surface area contributed by atoms with Crippen LogP contribution in [0.3, 0.4) is 0 Å². The zero-order valence-corrected chi connectivity index (χ0v) is 16.8. The number of halogens is 3. The van der Waals surface area contributed by atoms with Gasteiger partial charge in [0.1, 0.15) is 22.4 Å². The smallest absolute Gasteiger partial charge is 0.276 e. The fourth-order valence-electron chi connectivity index (χ4n) is 2.94. The maximum absolute atomic E-state index is 13.8. The van der Waals surface area contributed by atoms with Crippen LogP contribution in [0, 0.1) is 25.5 Å². The van der Waals surface area contributed by atoms with Crippen molar-refractivity contribution in [1.29, 1.82) is 0 Å². The predicted molar refractivity (Wildman–Crippen MR) is 108 cm³/mol. The van der Waals surface area contributed by atoms with Gasteiger partial charge in [0.05, 0.1) is 11.4 Å². The Morgan fingerprint density at radius 1 is 1.21 bits per heavy atom. The van der Waals surface area contributed by atoms with Gasteiger partial charge in [-0.1, -0.05) is 17.7 Å². The van der Waals surface area contributed by atoms with Crippen LogP contribution in [0.4, 0.5) is 14.5 Å². The molecule has 0 amide bonds. The molecule has 0 aliphatic carbocycles. The Hall–Kier alpha value is -3.06.